The van der Waals surface area contributed by atoms with E-state index in [1.165, 1.54) is 11.0 Å². The molecule has 0 radical (unpaired) electrons. The highest BCUT2D eigenvalue weighted by atomic mass is 35.5. The molecule has 5 heteroatoms. The first kappa shape index (κ1) is 14.5. The maximum Gasteiger partial charge on any atom is 0.254 e. The highest BCUT2D eigenvalue weighted by molar-refractivity contribution is 6.29. The molecule has 0 bridgehead atoms. The van der Waals surface area contributed by atoms with Crippen LogP contribution in [0.4, 0.5) is 0 Å². The van der Waals surface area contributed by atoms with Crippen molar-refractivity contribution in [1.82, 2.24) is 9.88 Å². The Morgan fingerprint density at radius 3 is 2.83 bits per heavy atom. The summed E-state index contributed by atoms with van der Waals surface area (Å²) in [4.78, 5) is 17.7. The molecule has 1 amide bonds. The minimum Gasteiger partial charge on any atom is -0.326 e. The summed E-state index contributed by atoms with van der Waals surface area (Å²) in [5.74, 6) is -0.217. The lowest BCUT2D eigenvalue weighted by Crippen LogP contribution is -2.34. The number of halogens is 1. The Hall–Kier alpha value is -1.60. The minimum atomic E-state index is -0.473. The molecule has 0 aliphatic heterocycles. The molecule has 18 heavy (non-hydrogen) atoms. The van der Waals surface area contributed by atoms with E-state index in [0.717, 1.165) is 18.5 Å². The summed E-state index contributed by atoms with van der Waals surface area (Å²) < 4.78 is 0. The van der Waals surface area contributed by atoms with Gasteiger partial charge in [0.25, 0.3) is 5.91 Å². The Bertz CT molecular complexity index is 482. The Morgan fingerprint density at radius 1 is 1.61 bits per heavy atom. The smallest absolute Gasteiger partial charge is 0.254 e. The van der Waals surface area contributed by atoms with Gasteiger partial charge in [0.15, 0.2) is 0 Å². The van der Waals surface area contributed by atoms with Crippen molar-refractivity contribution in [3.05, 3.63) is 28.5 Å². The number of carbonyl (C=O) groups excluding carboxylic acids is 1. The van der Waals surface area contributed by atoms with Gasteiger partial charge in [0.05, 0.1) is 6.07 Å². The highest BCUT2D eigenvalue weighted by Crippen LogP contribution is 2.14. The summed E-state index contributed by atoms with van der Waals surface area (Å²) in [6, 6.07) is 4.82. The Morgan fingerprint density at radius 2 is 2.28 bits per heavy atom. The van der Waals surface area contributed by atoms with Gasteiger partial charge in [0.1, 0.15) is 11.2 Å². The van der Waals surface area contributed by atoms with Crippen molar-refractivity contribution in [3.8, 4) is 6.07 Å². The van der Waals surface area contributed by atoms with E-state index in [2.05, 4.69) is 4.98 Å². The first-order chi connectivity index (χ1) is 8.49. The zero-order valence-electron chi connectivity index (χ0n) is 10.8. The van der Waals surface area contributed by atoms with Crippen LogP contribution in [0.3, 0.4) is 0 Å². The van der Waals surface area contributed by atoms with Gasteiger partial charge in [0.2, 0.25) is 0 Å². The molecule has 0 saturated carbocycles. The van der Waals surface area contributed by atoms with Crippen molar-refractivity contribution in [2.75, 3.05) is 7.05 Å². The Balaban J connectivity index is 3.02. The van der Waals surface area contributed by atoms with Crippen LogP contribution in [0.1, 0.15) is 36.3 Å². The second kappa shape index (κ2) is 6.36. The van der Waals surface area contributed by atoms with Gasteiger partial charge in [-0.05, 0) is 25.5 Å². The summed E-state index contributed by atoms with van der Waals surface area (Å²) in [7, 11) is 1.60. The van der Waals surface area contributed by atoms with Crippen molar-refractivity contribution in [2.24, 2.45) is 0 Å². The number of nitriles is 1. The molecule has 4 nitrogen and oxygen atoms in total. The van der Waals surface area contributed by atoms with Gasteiger partial charge in [-0.3, -0.25) is 4.79 Å². The van der Waals surface area contributed by atoms with Crippen LogP contribution in [0.25, 0.3) is 0 Å². The Kier molecular flexibility index (Phi) is 5.11. The molecule has 1 atom stereocenters. The van der Waals surface area contributed by atoms with E-state index in [9.17, 15) is 4.79 Å². The molecule has 0 aliphatic carbocycles. The molecule has 1 heterocycles. The summed E-state index contributed by atoms with van der Waals surface area (Å²) in [5.41, 5.74) is 1.27. The van der Waals surface area contributed by atoms with Crippen molar-refractivity contribution < 1.29 is 4.79 Å². The highest BCUT2D eigenvalue weighted by Gasteiger charge is 2.18. The molecule has 0 saturated heterocycles. The van der Waals surface area contributed by atoms with Crippen molar-refractivity contribution in [3.63, 3.8) is 0 Å². The van der Waals surface area contributed by atoms with E-state index in [0.29, 0.717) is 10.7 Å². The average molecular weight is 266 g/mol. The lowest BCUT2D eigenvalue weighted by atomic mass is 10.1. The molecule has 0 aliphatic rings. The van der Waals surface area contributed by atoms with Gasteiger partial charge >= 0.3 is 0 Å². The molecule has 0 spiro atoms. The van der Waals surface area contributed by atoms with E-state index in [4.69, 9.17) is 16.9 Å². The van der Waals surface area contributed by atoms with Gasteiger partial charge in [-0.1, -0.05) is 24.9 Å². The first-order valence-electron chi connectivity index (χ1n) is 5.82. The maximum absolute atomic E-state index is 12.1. The predicted octanol–water partition coefficient (Wildman–Crippen LogP) is 2.67. The molecule has 96 valence electrons. The average Bonchev–Trinajstić information content (AvgIpc) is 2.35. The normalized spacial score (nSPS) is 11.7. The number of hydrogen-bond donors (Lipinski definition) is 0. The SMILES string of the molecule is CCCc1cc(C(=O)N(C)C(C)C#N)cc(Cl)n1. The molecule has 1 unspecified atom stereocenters. The molecular formula is C13H16ClN3O. The molecule has 1 aromatic heterocycles. The van der Waals surface area contributed by atoms with E-state index < -0.39 is 6.04 Å². The molecule has 0 aromatic carbocycles. The second-order valence-corrected chi connectivity index (χ2v) is 4.53. The van der Waals surface area contributed by atoms with Crippen LogP contribution in [0.15, 0.2) is 12.1 Å². The monoisotopic (exact) mass is 265 g/mol. The topological polar surface area (TPSA) is 57.0 Å². The third-order valence-corrected chi connectivity index (χ3v) is 2.88. The molecule has 0 N–H and O–H groups in total. The fourth-order valence-corrected chi connectivity index (χ4v) is 1.75. The number of hydrogen-bond acceptors (Lipinski definition) is 3. The van der Waals surface area contributed by atoms with E-state index >= 15 is 0 Å². The number of carbonyl (C=O) groups is 1. The number of pyridine rings is 1. The number of aryl methyl sites for hydroxylation is 1. The fraction of sp³-hybridized carbons (Fsp3) is 0.462. The lowest BCUT2D eigenvalue weighted by Gasteiger charge is -2.19. The third kappa shape index (κ3) is 3.44. The van der Waals surface area contributed by atoms with Gasteiger partial charge in [0, 0.05) is 18.3 Å². The first-order valence-corrected chi connectivity index (χ1v) is 6.20. The predicted molar refractivity (Wildman–Crippen MR) is 70.4 cm³/mol. The van der Waals surface area contributed by atoms with E-state index in [1.807, 2.05) is 13.0 Å². The van der Waals surface area contributed by atoms with Gasteiger partial charge in [-0.25, -0.2) is 4.98 Å². The number of rotatable bonds is 4. The molecular weight excluding hydrogens is 250 g/mol. The van der Waals surface area contributed by atoms with E-state index in [1.54, 1.807) is 20.0 Å². The van der Waals surface area contributed by atoms with Crippen molar-refractivity contribution >= 4 is 17.5 Å². The van der Waals surface area contributed by atoms with Gasteiger partial charge < -0.3 is 4.90 Å². The Labute approximate surface area is 112 Å². The minimum absolute atomic E-state index is 0.217. The molecule has 0 fully saturated rings. The maximum atomic E-state index is 12.1. The number of aromatic nitrogens is 1. The quantitative estimate of drug-likeness (QED) is 0.787. The summed E-state index contributed by atoms with van der Waals surface area (Å²) in [5, 5.41) is 9.12. The van der Waals surface area contributed by atoms with E-state index in [-0.39, 0.29) is 5.91 Å². The van der Waals surface area contributed by atoms with Crippen LogP contribution in [-0.4, -0.2) is 28.9 Å². The van der Waals surface area contributed by atoms with Crippen LogP contribution in [0, 0.1) is 11.3 Å². The standard InChI is InChI=1S/C13H16ClN3O/c1-4-5-11-6-10(7-12(14)16-11)13(18)17(3)9(2)8-15/h6-7,9H,4-5H2,1-3H3. The van der Waals surface area contributed by atoms with Crippen LogP contribution in [0.2, 0.25) is 5.15 Å². The molecule has 1 aromatic rings. The number of nitrogens with zero attached hydrogens (tertiary/aromatic N) is 3. The van der Waals surface area contributed by atoms with Gasteiger partial charge in [-0.15, -0.1) is 0 Å². The summed E-state index contributed by atoms with van der Waals surface area (Å²) >= 11 is 5.90. The van der Waals surface area contributed by atoms with Crippen LogP contribution >= 0.6 is 11.6 Å². The van der Waals surface area contributed by atoms with Gasteiger partial charge in [-0.2, -0.15) is 5.26 Å². The zero-order chi connectivity index (χ0) is 13.7. The fourth-order valence-electron chi connectivity index (χ4n) is 1.53. The second-order valence-electron chi connectivity index (χ2n) is 4.14. The largest absolute Gasteiger partial charge is 0.326 e. The van der Waals surface area contributed by atoms with Crippen LogP contribution in [-0.2, 0) is 6.42 Å². The lowest BCUT2D eigenvalue weighted by molar-refractivity contribution is 0.0773. The van der Waals surface area contributed by atoms with Crippen LogP contribution < -0.4 is 0 Å². The molecule has 1 rings (SSSR count). The summed E-state index contributed by atoms with van der Waals surface area (Å²) in [6.07, 6.45) is 1.71. The zero-order valence-corrected chi connectivity index (χ0v) is 11.5. The van der Waals surface area contributed by atoms with Crippen LogP contribution in [0.5, 0.6) is 0 Å². The number of amides is 1. The van der Waals surface area contributed by atoms with Crippen molar-refractivity contribution in [1.29, 1.82) is 5.26 Å². The van der Waals surface area contributed by atoms with Crippen molar-refractivity contribution in [2.45, 2.75) is 32.7 Å². The summed E-state index contributed by atoms with van der Waals surface area (Å²) in [6.45, 7) is 3.71. The third-order valence-electron chi connectivity index (χ3n) is 2.69.